The summed E-state index contributed by atoms with van der Waals surface area (Å²) >= 11 is 0. The van der Waals surface area contributed by atoms with Crippen LogP contribution in [0, 0.1) is 11.3 Å². The first-order valence-electron chi connectivity index (χ1n) is 11.2. The summed E-state index contributed by atoms with van der Waals surface area (Å²) in [5.74, 6) is 0. The highest BCUT2D eigenvalue weighted by Gasteiger charge is 2.28. The fourth-order valence-electron chi connectivity index (χ4n) is 4.64. The number of hydrogen-bond acceptors (Lipinski definition) is 4. The van der Waals surface area contributed by atoms with Crippen molar-refractivity contribution in [3.63, 3.8) is 0 Å². The zero-order valence-corrected chi connectivity index (χ0v) is 19.5. The number of nitriles is 1. The molecule has 1 aliphatic rings. The van der Waals surface area contributed by atoms with Crippen molar-refractivity contribution in [1.82, 2.24) is 14.3 Å². The molecule has 1 fully saturated rings. The maximum atomic E-state index is 13.0. The summed E-state index contributed by atoms with van der Waals surface area (Å²) in [5, 5.41) is 10.6. The smallest absolute Gasteiger partial charge is 0.242 e. The van der Waals surface area contributed by atoms with Gasteiger partial charge in [0.15, 0.2) is 0 Å². The maximum Gasteiger partial charge on any atom is 0.242 e. The third-order valence-electron chi connectivity index (χ3n) is 6.24. The second-order valence-corrected chi connectivity index (χ2v) is 10.3. The van der Waals surface area contributed by atoms with E-state index < -0.39 is 42.3 Å². The van der Waals surface area contributed by atoms with Gasteiger partial charge >= 0.3 is 0 Å². The molecule has 186 valence electrons. The molecule has 1 N–H and O–H groups in total. The number of rotatable bonds is 9. The van der Waals surface area contributed by atoms with Crippen LogP contribution in [0.1, 0.15) is 42.9 Å². The van der Waals surface area contributed by atoms with Crippen molar-refractivity contribution in [2.75, 3.05) is 13.3 Å². The van der Waals surface area contributed by atoms with Crippen LogP contribution in [0.25, 0.3) is 22.3 Å². The Morgan fingerprint density at radius 3 is 2.43 bits per heavy atom. The number of sulfonamides is 1. The first-order valence-corrected chi connectivity index (χ1v) is 12.7. The highest BCUT2D eigenvalue weighted by molar-refractivity contribution is 7.89. The van der Waals surface area contributed by atoms with Gasteiger partial charge in [0.1, 0.15) is 24.3 Å². The van der Waals surface area contributed by atoms with E-state index in [1.165, 1.54) is 12.1 Å². The Kier molecular flexibility index (Phi) is 7.42. The highest BCUT2D eigenvalue weighted by atomic mass is 32.2. The van der Waals surface area contributed by atoms with E-state index in [2.05, 4.69) is 11.1 Å². The van der Waals surface area contributed by atoms with Crippen molar-refractivity contribution >= 4 is 20.9 Å². The fourth-order valence-corrected chi connectivity index (χ4v) is 5.78. The van der Waals surface area contributed by atoms with E-state index >= 15 is 0 Å². The van der Waals surface area contributed by atoms with E-state index in [-0.39, 0.29) is 10.9 Å². The van der Waals surface area contributed by atoms with Crippen molar-refractivity contribution in [3.8, 4) is 17.5 Å². The molecule has 3 aromatic rings. The lowest BCUT2D eigenvalue weighted by Gasteiger charge is -2.18. The predicted molar refractivity (Wildman–Crippen MR) is 123 cm³/mol. The lowest BCUT2D eigenvalue weighted by molar-refractivity contribution is 0.149. The molecule has 0 aliphatic heterocycles. The van der Waals surface area contributed by atoms with Gasteiger partial charge < -0.3 is 4.57 Å². The van der Waals surface area contributed by atoms with Crippen LogP contribution in [0.2, 0.25) is 0 Å². The molecule has 0 atom stereocenters. The second-order valence-electron chi connectivity index (χ2n) is 8.60. The number of nitrogens with one attached hydrogen (secondary N) is 1. The van der Waals surface area contributed by atoms with E-state index in [9.17, 15) is 31.2 Å². The molecule has 1 aliphatic carbocycles. The van der Waals surface area contributed by atoms with E-state index in [0.29, 0.717) is 33.4 Å². The van der Waals surface area contributed by atoms with Crippen LogP contribution in [0.5, 0.6) is 0 Å². The van der Waals surface area contributed by atoms with Crippen molar-refractivity contribution in [1.29, 1.82) is 5.26 Å². The average molecular weight is 509 g/mol. The first kappa shape index (κ1) is 25.1. The molecule has 0 saturated heterocycles. The zero-order valence-electron chi connectivity index (χ0n) is 18.7. The SMILES string of the molecule is N#Cc1c(-c2ccc(S(=O)(=O)NC(CF)CF)cn2)n(C2CCCC2)c2cc(CC(F)F)ccc12. The summed E-state index contributed by atoms with van der Waals surface area (Å²) in [6.45, 7) is -2.39. The number of nitrogens with zero attached hydrogens (tertiary/aromatic N) is 3. The standard InChI is InChI=1S/C24H24F4N4O2S/c25-11-16(12-26)31-35(33,34)18-6-8-21(30-14-18)24-20(13-29)19-7-5-15(10-23(27)28)9-22(19)32(24)17-3-1-2-4-17/h5-9,14,16-17,23,31H,1-4,10-12H2. The van der Waals surface area contributed by atoms with Gasteiger partial charge in [-0.05, 0) is 36.6 Å². The quantitative estimate of drug-likeness (QED) is 0.408. The molecule has 0 spiro atoms. The zero-order chi connectivity index (χ0) is 25.2. The molecule has 0 amide bonds. The molecule has 0 radical (unpaired) electrons. The van der Waals surface area contributed by atoms with Gasteiger partial charge in [-0.15, -0.1) is 0 Å². The number of alkyl halides is 4. The lowest BCUT2D eigenvalue weighted by Crippen LogP contribution is -2.37. The van der Waals surface area contributed by atoms with Gasteiger partial charge in [-0.3, -0.25) is 4.98 Å². The number of benzene rings is 1. The Hall–Kier alpha value is -2.97. The normalized spacial score (nSPS) is 14.9. The number of fused-ring (bicyclic) bond motifs is 1. The highest BCUT2D eigenvalue weighted by Crippen LogP contribution is 2.41. The monoisotopic (exact) mass is 508 g/mol. The number of hydrogen-bond donors (Lipinski definition) is 1. The Bertz CT molecular complexity index is 1340. The van der Waals surface area contributed by atoms with Crippen molar-refractivity contribution < 1.29 is 26.0 Å². The van der Waals surface area contributed by atoms with E-state index in [1.807, 2.05) is 9.29 Å². The molecule has 0 unspecified atom stereocenters. The average Bonchev–Trinajstić information content (AvgIpc) is 3.47. The number of aromatic nitrogens is 2. The Labute approximate surface area is 200 Å². The van der Waals surface area contributed by atoms with Gasteiger partial charge in [0, 0.05) is 24.0 Å². The summed E-state index contributed by atoms with van der Waals surface area (Å²) in [5.41, 5.74) is 2.27. The molecule has 4 rings (SSSR count). The molecule has 0 bridgehead atoms. The number of pyridine rings is 1. The van der Waals surface area contributed by atoms with Gasteiger partial charge in [0.25, 0.3) is 0 Å². The molecule has 11 heteroatoms. The minimum Gasteiger partial charge on any atom is -0.335 e. The third-order valence-corrected chi connectivity index (χ3v) is 7.75. The lowest BCUT2D eigenvalue weighted by atomic mass is 10.1. The minimum atomic E-state index is -4.20. The van der Waals surface area contributed by atoms with Crippen LogP contribution in [0.4, 0.5) is 17.6 Å². The van der Waals surface area contributed by atoms with Crippen LogP contribution in [-0.4, -0.2) is 43.8 Å². The van der Waals surface area contributed by atoms with Gasteiger partial charge in [-0.2, -0.15) is 5.26 Å². The fraction of sp³-hybridized carbons (Fsp3) is 0.417. The predicted octanol–water partition coefficient (Wildman–Crippen LogP) is 5.08. The van der Waals surface area contributed by atoms with Crippen LogP contribution < -0.4 is 4.72 Å². The first-order chi connectivity index (χ1) is 16.8. The summed E-state index contributed by atoms with van der Waals surface area (Å²) < 4.78 is 80.5. The molecule has 35 heavy (non-hydrogen) atoms. The van der Waals surface area contributed by atoms with Crippen LogP contribution >= 0.6 is 0 Å². The van der Waals surface area contributed by atoms with E-state index in [0.717, 1.165) is 31.9 Å². The van der Waals surface area contributed by atoms with Crippen LogP contribution in [0.3, 0.4) is 0 Å². The molecule has 2 heterocycles. The minimum absolute atomic E-state index is 0.0399. The number of halogens is 4. The van der Waals surface area contributed by atoms with Gasteiger partial charge in [-0.25, -0.2) is 30.7 Å². The summed E-state index contributed by atoms with van der Waals surface area (Å²) in [4.78, 5) is 4.01. The molecule has 2 aromatic heterocycles. The topological polar surface area (TPSA) is 87.8 Å². The Morgan fingerprint density at radius 1 is 1.14 bits per heavy atom. The molecule has 1 saturated carbocycles. The van der Waals surface area contributed by atoms with Crippen molar-refractivity contribution in [3.05, 3.63) is 47.7 Å². The van der Waals surface area contributed by atoms with E-state index in [1.54, 1.807) is 18.2 Å². The summed E-state index contributed by atoms with van der Waals surface area (Å²) in [6, 6.07) is 8.39. The second kappa shape index (κ2) is 10.3. The van der Waals surface area contributed by atoms with Gasteiger partial charge in [0.05, 0.1) is 28.5 Å². The van der Waals surface area contributed by atoms with Crippen molar-refractivity contribution in [2.24, 2.45) is 0 Å². The largest absolute Gasteiger partial charge is 0.335 e. The Morgan fingerprint density at radius 2 is 1.86 bits per heavy atom. The van der Waals surface area contributed by atoms with Crippen LogP contribution in [0.15, 0.2) is 41.4 Å². The summed E-state index contributed by atoms with van der Waals surface area (Å²) in [7, 11) is -4.20. The maximum absolute atomic E-state index is 13.0. The van der Waals surface area contributed by atoms with Crippen LogP contribution in [-0.2, 0) is 16.4 Å². The molecular formula is C24H24F4N4O2S. The summed E-state index contributed by atoms with van der Waals surface area (Å²) in [6.07, 6.45) is 1.85. The van der Waals surface area contributed by atoms with E-state index in [4.69, 9.17) is 0 Å². The molecule has 6 nitrogen and oxygen atoms in total. The van der Waals surface area contributed by atoms with Gasteiger partial charge in [0.2, 0.25) is 16.4 Å². The third kappa shape index (κ3) is 5.04. The Balaban J connectivity index is 1.84. The molecular weight excluding hydrogens is 484 g/mol. The van der Waals surface area contributed by atoms with Crippen molar-refractivity contribution in [2.45, 2.75) is 55.5 Å². The molecule has 1 aromatic carbocycles. The van der Waals surface area contributed by atoms with Gasteiger partial charge in [-0.1, -0.05) is 25.0 Å².